The Morgan fingerprint density at radius 2 is 1.10 bits per heavy atom. The number of fused-ring (bicyclic) bond motifs is 3. The first-order valence-corrected chi connectivity index (χ1v) is 14.2. The smallest absolute Gasteiger partial charge is 0.0463 e. The molecule has 0 bridgehead atoms. The molecule has 0 atom stereocenters. The van der Waals surface area contributed by atoms with Gasteiger partial charge in [0.2, 0.25) is 0 Å². The fourth-order valence-electron chi connectivity index (χ4n) is 6.22. The Kier molecular flexibility index (Phi) is 5.98. The zero-order chi connectivity index (χ0) is 28.0. The Hall–Kier alpha value is -5.08. The van der Waals surface area contributed by atoms with E-state index in [1.54, 1.807) is 0 Å². The third-order valence-corrected chi connectivity index (χ3v) is 8.46. The highest BCUT2D eigenvalue weighted by molar-refractivity contribution is 5.87. The maximum Gasteiger partial charge on any atom is 0.0463 e. The van der Waals surface area contributed by atoms with E-state index in [1.165, 1.54) is 33.4 Å². The third-order valence-electron chi connectivity index (χ3n) is 8.46. The predicted molar refractivity (Wildman–Crippen MR) is 174 cm³/mol. The van der Waals surface area contributed by atoms with E-state index < -0.39 is 0 Å². The van der Waals surface area contributed by atoms with Gasteiger partial charge >= 0.3 is 0 Å². The summed E-state index contributed by atoms with van der Waals surface area (Å²) in [5, 5.41) is 3.68. The van der Waals surface area contributed by atoms with Gasteiger partial charge in [-0.3, -0.25) is 0 Å². The average Bonchev–Trinajstić information content (AvgIpc) is 3.24. The minimum absolute atomic E-state index is 0.0252. The van der Waals surface area contributed by atoms with Gasteiger partial charge in [0.05, 0.1) is 0 Å². The molecule has 0 saturated carbocycles. The van der Waals surface area contributed by atoms with Crippen molar-refractivity contribution in [3.63, 3.8) is 0 Å². The Morgan fingerprint density at radius 3 is 1.90 bits per heavy atom. The highest BCUT2D eigenvalue weighted by Gasteiger charge is 2.35. The SMILES string of the molecule is CC1(C)c2ccccc2-c2ccc(-c3ccccc3Nc3ccc(-c4ccc(N)c(-c5ccccc5)c4)cc3)cc21. The molecule has 0 unspecified atom stereocenters. The normalized spacial score (nSPS) is 12.9. The summed E-state index contributed by atoms with van der Waals surface area (Å²) in [6.45, 7) is 4.66. The van der Waals surface area contributed by atoms with Gasteiger partial charge in [0.15, 0.2) is 0 Å². The van der Waals surface area contributed by atoms with Crippen molar-refractivity contribution in [2.24, 2.45) is 0 Å². The fourth-order valence-corrected chi connectivity index (χ4v) is 6.22. The van der Waals surface area contributed by atoms with E-state index in [1.807, 2.05) is 24.3 Å². The average molecular weight is 529 g/mol. The van der Waals surface area contributed by atoms with E-state index >= 15 is 0 Å². The summed E-state index contributed by atoms with van der Waals surface area (Å²) in [6, 6.07) is 49.5. The number of hydrogen-bond donors (Lipinski definition) is 2. The van der Waals surface area contributed by atoms with Crippen molar-refractivity contribution in [2.45, 2.75) is 19.3 Å². The minimum atomic E-state index is -0.0252. The minimum Gasteiger partial charge on any atom is -0.398 e. The lowest BCUT2D eigenvalue weighted by molar-refractivity contribution is 0.660. The second-order valence-corrected chi connectivity index (χ2v) is 11.3. The highest BCUT2D eigenvalue weighted by Crippen LogP contribution is 2.49. The maximum absolute atomic E-state index is 6.33. The zero-order valence-electron chi connectivity index (χ0n) is 23.4. The van der Waals surface area contributed by atoms with Crippen LogP contribution in [0.15, 0.2) is 140 Å². The number of nitrogen functional groups attached to an aromatic ring is 1. The van der Waals surface area contributed by atoms with E-state index in [0.29, 0.717) is 0 Å². The summed E-state index contributed by atoms with van der Waals surface area (Å²) in [7, 11) is 0. The van der Waals surface area contributed by atoms with E-state index in [-0.39, 0.29) is 5.41 Å². The molecule has 0 aromatic heterocycles. The molecule has 0 heterocycles. The van der Waals surface area contributed by atoms with Crippen LogP contribution in [-0.2, 0) is 5.41 Å². The predicted octanol–water partition coefficient (Wildman–Crippen LogP) is 10.3. The van der Waals surface area contributed by atoms with E-state index in [0.717, 1.165) is 39.3 Å². The van der Waals surface area contributed by atoms with Crippen LogP contribution in [0.25, 0.3) is 44.5 Å². The van der Waals surface area contributed by atoms with Crippen LogP contribution in [0.5, 0.6) is 0 Å². The second-order valence-electron chi connectivity index (χ2n) is 11.3. The first-order chi connectivity index (χ1) is 20.0. The van der Waals surface area contributed by atoms with Crippen molar-refractivity contribution >= 4 is 17.1 Å². The van der Waals surface area contributed by atoms with Crippen LogP contribution in [0, 0.1) is 0 Å². The standard InChI is InChI=1S/C39H32N2/c1-39(2)35-14-8-6-13-32(35)33-22-18-29(25-36(33)39)31-12-7-9-15-38(31)41-30-20-16-26(17-21-30)28-19-23-37(40)34(24-28)27-10-4-3-5-11-27/h3-25,41H,40H2,1-2H3. The van der Waals surface area contributed by atoms with Crippen molar-refractivity contribution in [1.82, 2.24) is 0 Å². The first kappa shape index (κ1) is 24.9. The molecule has 198 valence electrons. The summed E-state index contributed by atoms with van der Waals surface area (Å²) < 4.78 is 0. The molecule has 2 nitrogen and oxygen atoms in total. The topological polar surface area (TPSA) is 38.0 Å². The molecule has 1 aliphatic carbocycles. The van der Waals surface area contributed by atoms with Gasteiger partial charge in [0.1, 0.15) is 0 Å². The number of nitrogens with two attached hydrogens (primary N) is 1. The fraction of sp³-hybridized carbons (Fsp3) is 0.0769. The van der Waals surface area contributed by atoms with Crippen molar-refractivity contribution in [1.29, 1.82) is 0 Å². The van der Waals surface area contributed by atoms with Crippen molar-refractivity contribution < 1.29 is 0 Å². The number of hydrogen-bond acceptors (Lipinski definition) is 2. The van der Waals surface area contributed by atoms with Crippen LogP contribution in [0.3, 0.4) is 0 Å². The number of rotatable bonds is 5. The van der Waals surface area contributed by atoms with Gasteiger partial charge in [-0.25, -0.2) is 0 Å². The summed E-state index contributed by atoms with van der Waals surface area (Å²) in [6.07, 6.45) is 0. The molecular formula is C39H32N2. The van der Waals surface area contributed by atoms with E-state index in [2.05, 4.69) is 134 Å². The second kappa shape index (κ2) is 9.83. The monoisotopic (exact) mass is 528 g/mol. The summed E-state index contributed by atoms with van der Waals surface area (Å²) >= 11 is 0. The Bertz CT molecular complexity index is 1880. The van der Waals surface area contributed by atoms with Crippen molar-refractivity contribution in [3.8, 4) is 44.5 Å². The number of anilines is 3. The van der Waals surface area contributed by atoms with Crippen LogP contribution in [-0.4, -0.2) is 0 Å². The highest BCUT2D eigenvalue weighted by atomic mass is 14.9. The van der Waals surface area contributed by atoms with Gasteiger partial charge in [-0.05, 0) is 80.9 Å². The Balaban J connectivity index is 1.18. The summed E-state index contributed by atoms with van der Waals surface area (Å²) in [5.74, 6) is 0. The van der Waals surface area contributed by atoms with Crippen LogP contribution in [0.4, 0.5) is 17.1 Å². The van der Waals surface area contributed by atoms with Crippen molar-refractivity contribution in [2.75, 3.05) is 11.1 Å². The Morgan fingerprint density at radius 1 is 0.463 bits per heavy atom. The lowest BCUT2D eigenvalue weighted by atomic mass is 9.81. The Labute approximate surface area is 242 Å². The first-order valence-electron chi connectivity index (χ1n) is 14.2. The van der Waals surface area contributed by atoms with Crippen LogP contribution >= 0.6 is 0 Å². The molecule has 7 rings (SSSR count). The molecule has 41 heavy (non-hydrogen) atoms. The molecule has 0 aliphatic heterocycles. The molecule has 3 N–H and O–H groups in total. The molecular weight excluding hydrogens is 496 g/mol. The lowest BCUT2D eigenvalue weighted by Gasteiger charge is -2.22. The van der Waals surface area contributed by atoms with Gasteiger partial charge in [-0.2, -0.15) is 0 Å². The van der Waals surface area contributed by atoms with Gasteiger partial charge in [-0.1, -0.05) is 117 Å². The molecule has 6 aromatic carbocycles. The summed E-state index contributed by atoms with van der Waals surface area (Å²) in [4.78, 5) is 0. The number of benzene rings is 6. The quantitative estimate of drug-likeness (QED) is 0.218. The maximum atomic E-state index is 6.33. The molecule has 1 aliphatic rings. The summed E-state index contributed by atoms with van der Waals surface area (Å²) in [5.41, 5.74) is 21.6. The zero-order valence-corrected chi connectivity index (χ0v) is 23.4. The van der Waals surface area contributed by atoms with Gasteiger partial charge in [-0.15, -0.1) is 0 Å². The van der Waals surface area contributed by atoms with Crippen LogP contribution < -0.4 is 11.1 Å². The van der Waals surface area contributed by atoms with Crippen molar-refractivity contribution in [3.05, 3.63) is 151 Å². The van der Waals surface area contributed by atoms with Gasteiger partial charge in [0.25, 0.3) is 0 Å². The van der Waals surface area contributed by atoms with E-state index in [9.17, 15) is 0 Å². The lowest BCUT2D eigenvalue weighted by Crippen LogP contribution is -2.14. The van der Waals surface area contributed by atoms with Crippen LogP contribution in [0.1, 0.15) is 25.0 Å². The molecule has 0 amide bonds. The molecule has 0 saturated heterocycles. The number of para-hydroxylation sites is 1. The number of nitrogens with one attached hydrogen (secondary N) is 1. The molecule has 0 spiro atoms. The largest absolute Gasteiger partial charge is 0.398 e. The van der Waals surface area contributed by atoms with E-state index in [4.69, 9.17) is 5.73 Å². The molecule has 6 aromatic rings. The third kappa shape index (κ3) is 4.38. The molecule has 0 radical (unpaired) electrons. The van der Waals surface area contributed by atoms with Crippen LogP contribution in [0.2, 0.25) is 0 Å². The van der Waals surface area contributed by atoms with Gasteiger partial charge in [0, 0.05) is 33.6 Å². The molecule has 0 fully saturated rings. The van der Waals surface area contributed by atoms with Gasteiger partial charge < -0.3 is 11.1 Å². The molecule has 2 heteroatoms.